The molecule has 1 aliphatic heterocycles. The molecule has 5 nitrogen and oxygen atoms in total. The predicted octanol–water partition coefficient (Wildman–Crippen LogP) is -1.06. The molecule has 1 saturated heterocycles. The number of carbonyl (C=O) groups excluding carboxylic acids is 1. The first kappa shape index (κ1) is 8.99. The van der Waals surface area contributed by atoms with E-state index in [1.54, 1.807) is 0 Å². The highest BCUT2D eigenvalue weighted by Crippen LogP contribution is 1.99. The van der Waals surface area contributed by atoms with Gasteiger partial charge in [-0.05, 0) is 6.92 Å². The maximum Gasteiger partial charge on any atom is 0.305 e. The van der Waals surface area contributed by atoms with Crippen molar-refractivity contribution in [3.63, 3.8) is 0 Å². The summed E-state index contributed by atoms with van der Waals surface area (Å²) >= 11 is 0. The van der Waals surface area contributed by atoms with Crippen LogP contribution in [0.15, 0.2) is 0 Å². The van der Waals surface area contributed by atoms with Gasteiger partial charge in [0, 0.05) is 12.6 Å². The first-order chi connectivity index (χ1) is 5.59. The summed E-state index contributed by atoms with van der Waals surface area (Å²) in [5.74, 6) is -1.19. The van der Waals surface area contributed by atoms with E-state index in [1.807, 2.05) is 6.92 Å². The Morgan fingerprint density at radius 1 is 1.75 bits per heavy atom. The molecule has 68 valence electrons. The van der Waals surface area contributed by atoms with E-state index in [0.29, 0.717) is 6.54 Å². The van der Waals surface area contributed by atoms with E-state index in [4.69, 9.17) is 5.11 Å². The van der Waals surface area contributed by atoms with Crippen molar-refractivity contribution in [1.29, 1.82) is 0 Å². The molecule has 5 heteroatoms. The van der Waals surface area contributed by atoms with Crippen LogP contribution in [0.5, 0.6) is 0 Å². The zero-order valence-electron chi connectivity index (χ0n) is 6.83. The van der Waals surface area contributed by atoms with E-state index in [-0.39, 0.29) is 18.4 Å². The molecule has 0 aromatic rings. The minimum absolute atomic E-state index is 0.145. The van der Waals surface area contributed by atoms with Gasteiger partial charge in [0.15, 0.2) is 0 Å². The Balaban J connectivity index is 2.49. The van der Waals surface area contributed by atoms with Crippen molar-refractivity contribution in [1.82, 2.24) is 10.6 Å². The minimum atomic E-state index is -0.961. The number of nitrogens with one attached hydrogen (secondary N) is 2. The summed E-state index contributed by atoms with van der Waals surface area (Å²) in [5.41, 5.74) is 0. The Morgan fingerprint density at radius 3 is 3.00 bits per heavy atom. The second-order valence-electron chi connectivity index (χ2n) is 2.96. The van der Waals surface area contributed by atoms with E-state index in [9.17, 15) is 9.59 Å². The largest absolute Gasteiger partial charge is 0.481 e. The minimum Gasteiger partial charge on any atom is -0.481 e. The highest BCUT2D eigenvalue weighted by atomic mass is 16.4. The fraction of sp³-hybridized carbons (Fsp3) is 0.714. The van der Waals surface area contributed by atoms with Crippen LogP contribution in [-0.4, -0.2) is 35.6 Å². The number of rotatable bonds is 2. The summed E-state index contributed by atoms with van der Waals surface area (Å²) in [6.45, 7) is 2.46. The van der Waals surface area contributed by atoms with Crippen LogP contribution < -0.4 is 10.6 Å². The average molecular weight is 172 g/mol. The quantitative estimate of drug-likeness (QED) is 0.496. The molecule has 0 aromatic carbocycles. The van der Waals surface area contributed by atoms with Crippen LogP contribution >= 0.6 is 0 Å². The Bertz CT molecular complexity index is 205. The van der Waals surface area contributed by atoms with Crippen LogP contribution in [-0.2, 0) is 9.59 Å². The van der Waals surface area contributed by atoms with Gasteiger partial charge in [-0.3, -0.25) is 9.59 Å². The molecule has 1 rings (SSSR count). The maximum atomic E-state index is 11.0. The lowest BCUT2D eigenvalue weighted by molar-refractivity contribution is -0.140. The van der Waals surface area contributed by atoms with Crippen LogP contribution in [0.4, 0.5) is 0 Å². The summed E-state index contributed by atoms with van der Waals surface area (Å²) in [6, 6.07) is -0.432. The number of aliphatic carboxylic acids is 1. The second-order valence-corrected chi connectivity index (χ2v) is 2.96. The molecule has 0 spiro atoms. The van der Waals surface area contributed by atoms with Crippen molar-refractivity contribution >= 4 is 11.9 Å². The number of hydrogen-bond donors (Lipinski definition) is 3. The van der Waals surface area contributed by atoms with Gasteiger partial charge in [-0.25, -0.2) is 0 Å². The summed E-state index contributed by atoms with van der Waals surface area (Å²) in [7, 11) is 0. The topological polar surface area (TPSA) is 78.4 Å². The number of piperazine rings is 1. The second kappa shape index (κ2) is 3.53. The Hall–Kier alpha value is -1.10. The fourth-order valence-electron chi connectivity index (χ4n) is 1.18. The molecule has 1 fully saturated rings. The highest BCUT2D eigenvalue weighted by molar-refractivity contribution is 5.86. The summed E-state index contributed by atoms with van der Waals surface area (Å²) in [4.78, 5) is 21.3. The van der Waals surface area contributed by atoms with Crippen molar-refractivity contribution in [3.8, 4) is 0 Å². The van der Waals surface area contributed by atoms with Gasteiger partial charge < -0.3 is 15.7 Å². The third-order valence-corrected chi connectivity index (χ3v) is 1.76. The molecule has 0 aliphatic carbocycles. The van der Waals surface area contributed by atoms with Gasteiger partial charge in [-0.15, -0.1) is 0 Å². The van der Waals surface area contributed by atoms with E-state index in [1.165, 1.54) is 0 Å². The number of carboxylic acids is 1. The Morgan fingerprint density at radius 2 is 2.42 bits per heavy atom. The third kappa shape index (κ3) is 2.20. The van der Waals surface area contributed by atoms with Crippen LogP contribution in [0.2, 0.25) is 0 Å². The van der Waals surface area contributed by atoms with Crippen molar-refractivity contribution in [2.45, 2.75) is 25.4 Å². The lowest BCUT2D eigenvalue weighted by Gasteiger charge is -2.27. The van der Waals surface area contributed by atoms with Crippen LogP contribution in [0.1, 0.15) is 13.3 Å². The normalized spacial score (nSPS) is 29.6. The van der Waals surface area contributed by atoms with Gasteiger partial charge in [-0.2, -0.15) is 0 Å². The predicted molar refractivity (Wildman–Crippen MR) is 41.6 cm³/mol. The summed E-state index contributed by atoms with van der Waals surface area (Å²) < 4.78 is 0. The van der Waals surface area contributed by atoms with Gasteiger partial charge in [0.1, 0.15) is 0 Å². The molecule has 0 radical (unpaired) electrons. The van der Waals surface area contributed by atoms with Crippen LogP contribution in [0.25, 0.3) is 0 Å². The summed E-state index contributed by atoms with van der Waals surface area (Å²) in [6.07, 6.45) is -0.157. The molecule has 0 saturated carbocycles. The molecular weight excluding hydrogens is 160 g/mol. The monoisotopic (exact) mass is 172 g/mol. The van der Waals surface area contributed by atoms with Gasteiger partial charge in [-0.1, -0.05) is 0 Å². The fourth-order valence-corrected chi connectivity index (χ4v) is 1.18. The number of hydrogen-bond acceptors (Lipinski definition) is 3. The highest BCUT2D eigenvalue weighted by Gasteiger charge is 2.26. The van der Waals surface area contributed by atoms with Gasteiger partial charge >= 0.3 is 5.97 Å². The zero-order chi connectivity index (χ0) is 9.14. The Labute approximate surface area is 70.1 Å². The number of amides is 1. The third-order valence-electron chi connectivity index (χ3n) is 1.76. The van der Waals surface area contributed by atoms with Crippen molar-refractivity contribution in [3.05, 3.63) is 0 Å². The zero-order valence-corrected chi connectivity index (χ0v) is 6.83. The smallest absolute Gasteiger partial charge is 0.305 e. The van der Waals surface area contributed by atoms with E-state index >= 15 is 0 Å². The molecule has 2 atom stereocenters. The average Bonchev–Trinajstić information content (AvgIpc) is 1.96. The van der Waals surface area contributed by atoms with Crippen LogP contribution in [0, 0.1) is 0 Å². The molecule has 0 aromatic heterocycles. The van der Waals surface area contributed by atoms with Crippen molar-refractivity contribution in [2.75, 3.05) is 6.54 Å². The summed E-state index contributed by atoms with van der Waals surface area (Å²) in [5, 5.41) is 14.0. The van der Waals surface area contributed by atoms with Crippen molar-refractivity contribution < 1.29 is 14.7 Å². The van der Waals surface area contributed by atoms with Gasteiger partial charge in [0.05, 0.1) is 12.5 Å². The maximum absolute atomic E-state index is 11.0. The molecular formula is C7H12N2O3. The lowest BCUT2D eigenvalue weighted by Crippen LogP contribution is -2.57. The standard InChI is InChI=1S/C7H12N2O3/c1-4-3-8-7(12)5(9-4)2-6(10)11/h4-5,9H,2-3H2,1H3,(H,8,12)(H,10,11). The van der Waals surface area contributed by atoms with E-state index < -0.39 is 12.0 Å². The molecule has 0 bridgehead atoms. The first-order valence-electron chi connectivity index (χ1n) is 3.85. The Kier molecular flexibility index (Phi) is 2.65. The van der Waals surface area contributed by atoms with Crippen molar-refractivity contribution in [2.24, 2.45) is 0 Å². The number of carboxylic acid groups (broad SMARTS) is 1. The SMILES string of the molecule is CC1CNC(=O)C(CC(=O)O)N1. The molecule has 1 heterocycles. The molecule has 2 unspecified atom stereocenters. The molecule has 12 heavy (non-hydrogen) atoms. The van der Waals surface area contributed by atoms with E-state index in [0.717, 1.165) is 0 Å². The molecule has 3 N–H and O–H groups in total. The lowest BCUT2D eigenvalue weighted by atomic mass is 10.1. The number of carbonyl (C=O) groups is 2. The molecule has 1 aliphatic rings. The van der Waals surface area contributed by atoms with Gasteiger partial charge in [0.25, 0.3) is 0 Å². The molecule has 1 amide bonds. The first-order valence-corrected chi connectivity index (χ1v) is 3.85. The van der Waals surface area contributed by atoms with Gasteiger partial charge in [0.2, 0.25) is 5.91 Å². The van der Waals surface area contributed by atoms with E-state index in [2.05, 4.69) is 10.6 Å². The van der Waals surface area contributed by atoms with Crippen LogP contribution in [0.3, 0.4) is 0 Å².